The van der Waals surface area contributed by atoms with Gasteiger partial charge >= 0.3 is 5.63 Å². The molecule has 8 nitrogen and oxygen atoms in total. The number of methoxy groups -OCH3 is 1. The molecule has 0 aliphatic carbocycles. The minimum absolute atomic E-state index is 0.130. The summed E-state index contributed by atoms with van der Waals surface area (Å²) in [5.41, 5.74) is 1.43. The zero-order valence-corrected chi connectivity index (χ0v) is 17.4. The van der Waals surface area contributed by atoms with Crippen LogP contribution in [0, 0.1) is 6.92 Å². The number of fused-ring (bicyclic) bond motifs is 2. The molecule has 1 N–H and O–H groups in total. The maximum absolute atomic E-state index is 12.4. The molecule has 2 aromatic heterocycles. The zero-order valence-electron chi connectivity index (χ0n) is 17.4. The van der Waals surface area contributed by atoms with E-state index in [1.165, 1.54) is 6.42 Å². The molecule has 8 heteroatoms. The summed E-state index contributed by atoms with van der Waals surface area (Å²) in [6, 6.07) is 5.39. The van der Waals surface area contributed by atoms with Gasteiger partial charge in [-0.1, -0.05) is 6.42 Å². The maximum Gasteiger partial charge on any atom is 0.339 e. The normalized spacial score (nSPS) is 13.7. The van der Waals surface area contributed by atoms with Crippen molar-refractivity contribution < 1.29 is 13.9 Å². The average molecular weight is 410 g/mol. The summed E-state index contributed by atoms with van der Waals surface area (Å²) in [5, 5.41) is 12.2. The average Bonchev–Trinajstić information content (AvgIpc) is 2.97. The number of hydrogen-bond donors (Lipinski definition) is 1. The summed E-state index contributed by atoms with van der Waals surface area (Å²) in [6.45, 7) is 3.12. The monoisotopic (exact) mass is 410 g/mol. The molecule has 0 atom stereocenters. The van der Waals surface area contributed by atoms with Gasteiger partial charge in [-0.05, 0) is 43.9 Å². The zero-order chi connectivity index (χ0) is 21.1. The number of aromatic nitrogens is 3. The summed E-state index contributed by atoms with van der Waals surface area (Å²) < 4.78 is 12.8. The lowest BCUT2D eigenvalue weighted by molar-refractivity contribution is -0.121. The van der Waals surface area contributed by atoms with Crippen LogP contribution in [0.5, 0.6) is 5.75 Å². The molecule has 0 saturated heterocycles. The molecule has 1 aromatic carbocycles. The lowest BCUT2D eigenvalue weighted by atomic mass is 10.0. The van der Waals surface area contributed by atoms with Crippen LogP contribution >= 0.6 is 0 Å². The Hall–Kier alpha value is -3.16. The first-order valence-corrected chi connectivity index (χ1v) is 10.3. The molecule has 3 heterocycles. The molecule has 158 valence electrons. The minimum Gasteiger partial charge on any atom is -0.497 e. The Kier molecular flexibility index (Phi) is 5.83. The van der Waals surface area contributed by atoms with Crippen LogP contribution in [-0.2, 0) is 30.7 Å². The minimum atomic E-state index is -0.413. The SMILES string of the molecule is COc1ccc2c(C)c(CCC(=O)NCc3nnc4n3CCCCC4)c(=O)oc2c1. The molecule has 0 unspecified atom stereocenters. The molecular weight excluding hydrogens is 384 g/mol. The highest BCUT2D eigenvalue weighted by molar-refractivity contribution is 5.82. The molecule has 4 rings (SSSR count). The van der Waals surface area contributed by atoms with Gasteiger partial charge in [-0.3, -0.25) is 4.79 Å². The van der Waals surface area contributed by atoms with Gasteiger partial charge in [0.2, 0.25) is 5.91 Å². The summed E-state index contributed by atoms with van der Waals surface area (Å²) >= 11 is 0. The van der Waals surface area contributed by atoms with Gasteiger partial charge < -0.3 is 19.0 Å². The fraction of sp³-hybridized carbons (Fsp3) is 0.455. The lowest BCUT2D eigenvalue weighted by Gasteiger charge is -2.10. The van der Waals surface area contributed by atoms with Crippen molar-refractivity contribution in [2.24, 2.45) is 0 Å². The van der Waals surface area contributed by atoms with Crippen LogP contribution < -0.4 is 15.7 Å². The van der Waals surface area contributed by atoms with Crippen LogP contribution in [0.3, 0.4) is 0 Å². The molecule has 0 saturated carbocycles. The number of amides is 1. The summed E-state index contributed by atoms with van der Waals surface area (Å²) in [4.78, 5) is 24.8. The van der Waals surface area contributed by atoms with E-state index >= 15 is 0 Å². The summed E-state index contributed by atoms with van der Waals surface area (Å²) in [7, 11) is 1.57. The largest absolute Gasteiger partial charge is 0.497 e. The third kappa shape index (κ3) is 4.08. The van der Waals surface area contributed by atoms with E-state index in [1.807, 2.05) is 19.1 Å². The van der Waals surface area contributed by atoms with Gasteiger partial charge in [-0.15, -0.1) is 10.2 Å². The van der Waals surface area contributed by atoms with Gasteiger partial charge in [-0.2, -0.15) is 0 Å². The van der Waals surface area contributed by atoms with E-state index in [9.17, 15) is 9.59 Å². The molecule has 3 aromatic rings. The van der Waals surface area contributed by atoms with Crippen LogP contribution in [0.4, 0.5) is 0 Å². The van der Waals surface area contributed by atoms with Crippen molar-refractivity contribution in [1.82, 2.24) is 20.1 Å². The Morgan fingerprint density at radius 1 is 1.27 bits per heavy atom. The molecular formula is C22H26N4O4. The lowest BCUT2D eigenvalue weighted by Crippen LogP contribution is -2.26. The number of rotatable bonds is 6. The standard InChI is InChI=1S/C22H26N4O4/c1-14-16-8-7-15(29-2)12-18(16)30-22(28)17(14)9-10-21(27)23-13-20-25-24-19-6-4-3-5-11-26(19)20/h7-8,12H,3-6,9-11,13H2,1-2H3,(H,23,27). The van der Waals surface area contributed by atoms with Crippen molar-refractivity contribution in [3.05, 3.63) is 51.4 Å². The number of carbonyl (C=O) groups excluding carboxylic acids is 1. The second kappa shape index (κ2) is 8.69. The van der Waals surface area contributed by atoms with Crippen LogP contribution in [0.1, 0.15) is 48.5 Å². The van der Waals surface area contributed by atoms with Gasteiger partial charge in [0.1, 0.15) is 17.2 Å². The summed E-state index contributed by atoms with van der Waals surface area (Å²) in [6.07, 6.45) is 4.88. The van der Waals surface area contributed by atoms with Gasteiger partial charge in [0.05, 0.1) is 13.7 Å². The Balaban J connectivity index is 1.41. The van der Waals surface area contributed by atoms with Crippen molar-refractivity contribution >= 4 is 16.9 Å². The quantitative estimate of drug-likeness (QED) is 0.627. The molecule has 30 heavy (non-hydrogen) atoms. The molecule has 1 amide bonds. The first kappa shape index (κ1) is 20.1. The van der Waals surface area contributed by atoms with E-state index < -0.39 is 5.63 Å². The number of ether oxygens (including phenoxy) is 1. The highest BCUT2D eigenvalue weighted by Crippen LogP contribution is 2.24. The van der Waals surface area contributed by atoms with Crippen molar-refractivity contribution in [2.75, 3.05) is 7.11 Å². The van der Waals surface area contributed by atoms with Crippen LogP contribution in [0.15, 0.2) is 27.4 Å². The maximum atomic E-state index is 12.4. The number of nitrogens with one attached hydrogen (secondary N) is 1. The first-order chi connectivity index (χ1) is 14.6. The third-order valence-electron chi connectivity index (χ3n) is 5.73. The predicted octanol–water partition coefficient (Wildman–Crippen LogP) is 2.68. The number of carbonyl (C=O) groups is 1. The highest BCUT2D eigenvalue weighted by Gasteiger charge is 2.16. The van der Waals surface area contributed by atoms with E-state index in [1.54, 1.807) is 13.2 Å². The second-order valence-electron chi connectivity index (χ2n) is 7.63. The van der Waals surface area contributed by atoms with Crippen LogP contribution in [0.2, 0.25) is 0 Å². The number of benzene rings is 1. The van der Waals surface area contributed by atoms with E-state index in [4.69, 9.17) is 9.15 Å². The van der Waals surface area contributed by atoms with Crippen molar-refractivity contribution in [1.29, 1.82) is 0 Å². The highest BCUT2D eigenvalue weighted by atomic mass is 16.5. The van der Waals surface area contributed by atoms with Crippen molar-refractivity contribution in [3.63, 3.8) is 0 Å². The van der Waals surface area contributed by atoms with E-state index in [-0.39, 0.29) is 12.3 Å². The smallest absolute Gasteiger partial charge is 0.339 e. The van der Waals surface area contributed by atoms with Gasteiger partial charge in [0, 0.05) is 36.4 Å². The molecule has 1 aliphatic rings. The van der Waals surface area contributed by atoms with Gasteiger partial charge in [0.25, 0.3) is 0 Å². The fourth-order valence-corrected chi connectivity index (χ4v) is 3.97. The van der Waals surface area contributed by atoms with Crippen molar-refractivity contribution in [2.45, 2.75) is 58.5 Å². The van der Waals surface area contributed by atoms with Gasteiger partial charge in [-0.25, -0.2) is 4.79 Å². The molecule has 0 fully saturated rings. The Morgan fingerprint density at radius 3 is 2.97 bits per heavy atom. The molecule has 1 aliphatic heterocycles. The molecule has 0 bridgehead atoms. The number of hydrogen-bond acceptors (Lipinski definition) is 6. The van der Waals surface area contributed by atoms with E-state index in [0.29, 0.717) is 29.9 Å². The second-order valence-corrected chi connectivity index (χ2v) is 7.63. The Morgan fingerprint density at radius 2 is 2.13 bits per heavy atom. The van der Waals surface area contributed by atoms with E-state index in [0.717, 1.165) is 48.4 Å². The molecule has 0 spiro atoms. The molecule has 0 radical (unpaired) electrons. The predicted molar refractivity (Wildman–Crippen MR) is 112 cm³/mol. The van der Waals surface area contributed by atoms with Crippen LogP contribution in [-0.4, -0.2) is 27.8 Å². The van der Waals surface area contributed by atoms with Gasteiger partial charge in [0.15, 0.2) is 5.82 Å². The topological polar surface area (TPSA) is 99.2 Å². The first-order valence-electron chi connectivity index (χ1n) is 10.3. The van der Waals surface area contributed by atoms with Crippen LogP contribution in [0.25, 0.3) is 11.0 Å². The number of aryl methyl sites for hydroxylation is 2. The Labute approximate surface area is 174 Å². The van der Waals surface area contributed by atoms with E-state index in [2.05, 4.69) is 20.1 Å². The summed E-state index contributed by atoms with van der Waals surface area (Å²) in [5.74, 6) is 2.28. The Bertz CT molecular complexity index is 1130. The fourth-order valence-electron chi connectivity index (χ4n) is 3.97. The third-order valence-corrected chi connectivity index (χ3v) is 5.73. The number of nitrogens with zero attached hydrogens (tertiary/aromatic N) is 3. The van der Waals surface area contributed by atoms with Crippen molar-refractivity contribution in [3.8, 4) is 5.75 Å².